The van der Waals surface area contributed by atoms with E-state index < -0.39 is 24.0 Å². The van der Waals surface area contributed by atoms with Gasteiger partial charge in [-0.25, -0.2) is 4.79 Å². The van der Waals surface area contributed by atoms with E-state index >= 15 is 0 Å². The summed E-state index contributed by atoms with van der Waals surface area (Å²) in [6.45, 7) is 7.28. The van der Waals surface area contributed by atoms with Gasteiger partial charge in [-0.05, 0) is 49.8 Å². The molecule has 1 aromatic rings. The van der Waals surface area contributed by atoms with Gasteiger partial charge in [0.2, 0.25) is 0 Å². The zero-order valence-corrected chi connectivity index (χ0v) is 14.1. The highest BCUT2D eigenvalue weighted by Crippen LogP contribution is 2.27. The summed E-state index contributed by atoms with van der Waals surface area (Å²) in [6, 6.07) is 5.12. The van der Waals surface area contributed by atoms with E-state index in [4.69, 9.17) is 14.3 Å². The summed E-state index contributed by atoms with van der Waals surface area (Å²) in [5, 5.41) is 17.1. The lowest BCUT2D eigenvalue weighted by Gasteiger charge is -2.24. The molecule has 1 heterocycles. The molecule has 0 spiro atoms. The third-order valence-electron chi connectivity index (χ3n) is 2.98. The minimum Gasteiger partial charge on any atom is -0.444 e. The Balaban J connectivity index is 2.03. The van der Waals surface area contributed by atoms with Gasteiger partial charge in [-0.2, -0.15) is 4.89 Å². The summed E-state index contributed by atoms with van der Waals surface area (Å²) >= 11 is 0. The lowest BCUT2D eigenvalue weighted by molar-refractivity contribution is -0.463. The number of nitrogens with one attached hydrogen (secondary N) is 1. The molecule has 2 unspecified atom stereocenters. The molecule has 8 nitrogen and oxygen atoms in total. The number of hydrogen-bond acceptors (Lipinski definition) is 7. The molecule has 0 aromatic heterocycles. The average Bonchev–Trinajstić information content (AvgIpc) is 2.90. The molecule has 1 radical (unpaired) electrons. The first-order valence-electron chi connectivity index (χ1n) is 7.57. The Morgan fingerprint density at radius 1 is 1.46 bits per heavy atom. The van der Waals surface area contributed by atoms with Crippen LogP contribution in [0.5, 0.6) is 5.75 Å². The molecule has 0 aliphatic carbocycles. The van der Waals surface area contributed by atoms with Gasteiger partial charge >= 0.3 is 13.6 Å². The Hall–Kier alpha value is -1.81. The van der Waals surface area contributed by atoms with Crippen LogP contribution in [0.2, 0.25) is 0 Å². The van der Waals surface area contributed by atoms with Gasteiger partial charge in [0.25, 0.3) is 0 Å². The average molecular weight is 338 g/mol. The van der Waals surface area contributed by atoms with E-state index in [0.717, 1.165) is 0 Å². The van der Waals surface area contributed by atoms with Gasteiger partial charge < -0.3 is 19.4 Å². The van der Waals surface area contributed by atoms with Crippen LogP contribution in [0, 0.1) is 0 Å². The molecule has 1 amide bonds. The SMILES string of the molecule is CCOOOc1cccc2c1[B]OC2C(O)NC(=O)OC(C)(C)C. The van der Waals surface area contributed by atoms with Gasteiger partial charge in [-0.3, -0.25) is 5.32 Å². The number of carbonyl (C=O) groups excluding carboxylic acids is 1. The second-order valence-corrected chi connectivity index (χ2v) is 6.08. The first kappa shape index (κ1) is 18.5. The number of benzene rings is 1. The third kappa shape index (κ3) is 4.84. The zero-order valence-electron chi connectivity index (χ0n) is 14.1. The van der Waals surface area contributed by atoms with Crippen molar-refractivity contribution in [1.29, 1.82) is 0 Å². The number of amides is 1. The number of alkyl carbamates (subject to hydrolysis) is 1. The summed E-state index contributed by atoms with van der Waals surface area (Å²) in [6.07, 6.45) is -2.82. The third-order valence-corrected chi connectivity index (χ3v) is 2.98. The van der Waals surface area contributed by atoms with Crippen molar-refractivity contribution in [3.05, 3.63) is 23.8 Å². The fourth-order valence-corrected chi connectivity index (χ4v) is 2.08. The smallest absolute Gasteiger partial charge is 0.409 e. The molecule has 24 heavy (non-hydrogen) atoms. The molecule has 2 N–H and O–H groups in total. The van der Waals surface area contributed by atoms with Crippen LogP contribution >= 0.6 is 0 Å². The molecule has 1 aliphatic heterocycles. The van der Waals surface area contributed by atoms with E-state index in [1.807, 2.05) is 0 Å². The predicted molar refractivity (Wildman–Crippen MR) is 84.4 cm³/mol. The van der Waals surface area contributed by atoms with Gasteiger partial charge in [-0.15, -0.1) is 0 Å². The van der Waals surface area contributed by atoms with Crippen LogP contribution < -0.4 is 15.7 Å². The van der Waals surface area contributed by atoms with Crippen molar-refractivity contribution in [2.75, 3.05) is 6.61 Å². The van der Waals surface area contributed by atoms with Crippen LogP contribution in [0.25, 0.3) is 0 Å². The van der Waals surface area contributed by atoms with Crippen molar-refractivity contribution < 1.29 is 34.1 Å². The van der Waals surface area contributed by atoms with Gasteiger partial charge in [-0.1, -0.05) is 12.1 Å². The highest BCUT2D eigenvalue weighted by molar-refractivity contribution is 6.50. The first-order chi connectivity index (χ1) is 11.3. The zero-order chi connectivity index (χ0) is 17.7. The highest BCUT2D eigenvalue weighted by atomic mass is 17.5. The molecule has 0 saturated carbocycles. The van der Waals surface area contributed by atoms with Crippen molar-refractivity contribution >= 4 is 19.0 Å². The number of rotatable bonds is 6. The minimum absolute atomic E-state index is 0.330. The molecule has 2 atom stereocenters. The van der Waals surface area contributed by atoms with E-state index in [9.17, 15) is 9.90 Å². The fourth-order valence-electron chi connectivity index (χ4n) is 2.08. The monoisotopic (exact) mass is 338 g/mol. The molecule has 0 saturated heterocycles. The summed E-state index contributed by atoms with van der Waals surface area (Å²) in [5.74, 6) is 0.368. The molecule has 131 valence electrons. The normalized spacial score (nSPS) is 17.6. The minimum atomic E-state index is -1.29. The standard InChI is InChI=1S/C15H21BNO7/c1-5-20-24-23-10-8-6-7-9-11(10)16-22-12(9)13(18)17-14(19)21-15(2,3)4/h6-8,12-13,18H,5H2,1-4H3,(H,17,19). The number of hydrogen-bond donors (Lipinski definition) is 2. The van der Waals surface area contributed by atoms with E-state index in [1.54, 1.807) is 45.9 Å². The lowest BCUT2D eigenvalue weighted by atomic mass is 9.85. The van der Waals surface area contributed by atoms with E-state index in [1.165, 1.54) is 7.48 Å². The largest absolute Gasteiger partial charge is 0.444 e. The topological polar surface area (TPSA) is 95.5 Å². The second-order valence-electron chi connectivity index (χ2n) is 6.08. The Morgan fingerprint density at radius 2 is 2.21 bits per heavy atom. The molecule has 0 fully saturated rings. The number of ether oxygens (including phenoxy) is 1. The van der Waals surface area contributed by atoms with Gasteiger partial charge in [0, 0.05) is 0 Å². The van der Waals surface area contributed by atoms with Crippen LogP contribution in [0.4, 0.5) is 4.79 Å². The Bertz CT molecular complexity index is 575. The maximum absolute atomic E-state index is 11.8. The van der Waals surface area contributed by atoms with Crippen molar-refractivity contribution in [3.63, 3.8) is 0 Å². The molecule has 2 rings (SSSR count). The van der Waals surface area contributed by atoms with Gasteiger partial charge in [0.05, 0.1) is 6.61 Å². The number of fused-ring (bicyclic) bond motifs is 1. The molecule has 1 aliphatic rings. The van der Waals surface area contributed by atoms with Crippen LogP contribution in [0.3, 0.4) is 0 Å². The predicted octanol–water partition coefficient (Wildman–Crippen LogP) is 1.11. The molecular formula is C15H21BNO7. The van der Waals surface area contributed by atoms with Crippen LogP contribution in [-0.2, 0) is 19.3 Å². The summed E-state index contributed by atoms with van der Waals surface area (Å²) < 4.78 is 10.5. The maximum Gasteiger partial charge on any atom is 0.409 e. The van der Waals surface area contributed by atoms with E-state index in [-0.39, 0.29) is 0 Å². The van der Waals surface area contributed by atoms with Crippen LogP contribution in [0.1, 0.15) is 39.4 Å². The molecule has 9 heteroatoms. The fraction of sp³-hybridized carbons (Fsp3) is 0.533. The van der Waals surface area contributed by atoms with Crippen molar-refractivity contribution in [2.24, 2.45) is 0 Å². The molecule has 0 bridgehead atoms. The molecule has 1 aromatic carbocycles. The maximum atomic E-state index is 11.8. The van der Waals surface area contributed by atoms with E-state index in [2.05, 4.69) is 15.2 Å². The Labute approximate surface area is 141 Å². The lowest BCUT2D eigenvalue weighted by Crippen LogP contribution is -2.42. The first-order valence-corrected chi connectivity index (χ1v) is 7.57. The van der Waals surface area contributed by atoms with Crippen molar-refractivity contribution in [1.82, 2.24) is 5.32 Å². The number of carbonyl (C=O) groups is 1. The molecular weight excluding hydrogens is 317 g/mol. The highest BCUT2D eigenvalue weighted by Gasteiger charge is 2.34. The summed E-state index contributed by atoms with van der Waals surface area (Å²) in [4.78, 5) is 21.5. The van der Waals surface area contributed by atoms with E-state index in [0.29, 0.717) is 23.4 Å². The summed E-state index contributed by atoms with van der Waals surface area (Å²) in [5.41, 5.74) is 0.561. The second kappa shape index (κ2) is 7.84. The Kier molecular flexibility index (Phi) is 6.06. The number of aliphatic hydroxyl groups is 1. The number of aliphatic hydroxyl groups excluding tert-OH is 1. The van der Waals surface area contributed by atoms with Crippen molar-refractivity contribution in [3.8, 4) is 5.75 Å². The van der Waals surface area contributed by atoms with Gasteiger partial charge in [0.15, 0.2) is 12.0 Å². The van der Waals surface area contributed by atoms with Crippen LogP contribution in [0.15, 0.2) is 18.2 Å². The van der Waals surface area contributed by atoms with Crippen LogP contribution in [-0.4, -0.2) is 37.1 Å². The Morgan fingerprint density at radius 3 is 2.88 bits per heavy atom. The summed E-state index contributed by atoms with van der Waals surface area (Å²) in [7, 11) is 1.42. The quantitative estimate of drug-likeness (QED) is 0.264. The van der Waals surface area contributed by atoms with Gasteiger partial charge in [0.1, 0.15) is 11.7 Å². The van der Waals surface area contributed by atoms with Crippen molar-refractivity contribution in [2.45, 2.75) is 45.6 Å².